The van der Waals surface area contributed by atoms with Crippen LogP contribution in [-0.2, 0) is 21.6 Å². The molecule has 1 fully saturated rings. The monoisotopic (exact) mass is 506 g/mol. The number of anilines is 1. The number of ether oxygens (including phenoxy) is 2. The Bertz CT molecular complexity index is 1240. The van der Waals surface area contributed by atoms with E-state index in [1.54, 1.807) is 0 Å². The van der Waals surface area contributed by atoms with Crippen LogP contribution in [0.5, 0.6) is 11.5 Å². The molecule has 0 bridgehead atoms. The van der Waals surface area contributed by atoms with E-state index in [1.165, 1.54) is 0 Å². The number of carbonyl (C=O) groups excluding carboxylic acids is 1. The van der Waals surface area contributed by atoms with Gasteiger partial charge in [-0.1, -0.05) is 32.0 Å². The molecule has 0 aromatic heterocycles. The molecular formula is C28H30N2O5S. The van der Waals surface area contributed by atoms with E-state index in [-0.39, 0.29) is 31.3 Å². The molecular weight excluding hydrogens is 476 g/mol. The van der Waals surface area contributed by atoms with Crippen LogP contribution in [0, 0.1) is 5.92 Å². The summed E-state index contributed by atoms with van der Waals surface area (Å²) < 4.78 is 26.5. The van der Waals surface area contributed by atoms with Gasteiger partial charge in [0.05, 0.1) is 29.4 Å². The molecule has 36 heavy (non-hydrogen) atoms. The molecule has 1 amide bonds. The van der Waals surface area contributed by atoms with Gasteiger partial charge in [0.15, 0.2) is 16.4 Å². The van der Waals surface area contributed by atoms with Crippen molar-refractivity contribution in [2.24, 2.45) is 5.92 Å². The first-order valence-corrected chi connectivity index (χ1v) is 13.3. The first-order chi connectivity index (χ1) is 17.4. The summed E-state index contributed by atoms with van der Waals surface area (Å²) >= 11 is -1.42. The molecule has 1 aliphatic heterocycles. The van der Waals surface area contributed by atoms with Crippen LogP contribution in [0.2, 0.25) is 0 Å². The van der Waals surface area contributed by atoms with E-state index in [0.29, 0.717) is 16.4 Å². The van der Waals surface area contributed by atoms with Crippen molar-refractivity contribution < 1.29 is 23.9 Å². The van der Waals surface area contributed by atoms with Crippen LogP contribution in [0.3, 0.4) is 0 Å². The van der Waals surface area contributed by atoms with Crippen molar-refractivity contribution in [1.29, 1.82) is 0 Å². The molecule has 0 spiro atoms. The second kappa shape index (κ2) is 10.1. The zero-order chi connectivity index (χ0) is 25.3. The molecule has 7 nitrogen and oxygen atoms in total. The molecule has 2 aliphatic rings. The summed E-state index contributed by atoms with van der Waals surface area (Å²) in [6.45, 7) is 4.08. The molecule has 3 N–H and O–H groups in total. The van der Waals surface area contributed by atoms with Crippen molar-refractivity contribution in [2.45, 2.75) is 43.0 Å². The third kappa shape index (κ3) is 4.95. The molecule has 1 unspecified atom stereocenters. The Kier molecular flexibility index (Phi) is 6.94. The zero-order valence-electron chi connectivity index (χ0n) is 20.3. The molecule has 3 aromatic carbocycles. The molecule has 2 atom stereocenters. The first-order valence-electron chi connectivity index (χ1n) is 12.1. The summed E-state index contributed by atoms with van der Waals surface area (Å²) in [6.07, 6.45) is 1.58. The topological polar surface area (TPSA) is 103 Å². The Hall–Kier alpha value is -3.04. The Balaban J connectivity index is 1.28. The SMILES string of the molecule is CC(C)[C@H](CO)N[S+]([O-])c1ccc(-c2cccc(NC(=O)C3(c4ccc5c(c4)OCO5)CC3)c2)cc1. The van der Waals surface area contributed by atoms with Gasteiger partial charge in [0.1, 0.15) is 0 Å². The van der Waals surface area contributed by atoms with Gasteiger partial charge in [-0.25, -0.2) is 0 Å². The van der Waals surface area contributed by atoms with Crippen LogP contribution >= 0.6 is 0 Å². The Morgan fingerprint density at radius 3 is 2.47 bits per heavy atom. The molecule has 3 aromatic rings. The summed E-state index contributed by atoms with van der Waals surface area (Å²) in [5.41, 5.74) is 3.02. The fraction of sp³-hybridized carbons (Fsp3) is 0.321. The number of aliphatic hydroxyl groups is 1. The molecule has 5 rings (SSSR count). The van der Waals surface area contributed by atoms with Gasteiger partial charge in [-0.15, -0.1) is 4.72 Å². The fourth-order valence-corrected chi connectivity index (χ4v) is 5.49. The molecule has 0 saturated heterocycles. The van der Waals surface area contributed by atoms with Gasteiger partial charge in [0.2, 0.25) is 12.7 Å². The third-order valence-corrected chi connectivity index (χ3v) is 8.11. The summed E-state index contributed by atoms with van der Waals surface area (Å²) in [5, 5.41) is 12.6. The van der Waals surface area contributed by atoms with Crippen molar-refractivity contribution in [3.63, 3.8) is 0 Å². The second-order valence-electron chi connectivity index (χ2n) is 9.63. The summed E-state index contributed by atoms with van der Waals surface area (Å²) in [5.74, 6) is 1.53. The minimum atomic E-state index is -1.42. The van der Waals surface area contributed by atoms with Gasteiger partial charge < -0.3 is 24.4 Å². The normalized spacial score (nSPS) is 17.0. The molecule has 0 radical (unpaired) electrons. The average molecular weight is 507 g/mol. The van der Waals surface area contributed by atoms with Gasteiger partial charge >= 0.3 is 0 Å². The van der Waals surface area contributed by atoms with Gasteiger partial charge in [0, 0.05) is 5.69 Å². The van der Waals surface area contributed by atoms with Crippen LogP contribution < -0.4 is 19.5 Å². The molecule has 1 heterocycles. The largest absolute Gasteiger partial charge is 0.593 e. The Morgan fingerprint density at radius 1 is 1.03 bits per heavy atom. The lowest BCUT2D eigenvalue weighted by Crippen LogP contribution is -2.41. The molecule has 1 aliphatic carbocycles. The summed E-state index contributed by atoms with van der Waals surface area (Å²) in [7, 11) is 0. The standard InChI is InChI=1S/C28H30N2O5S/c1-18(2)24(16-31)30-36(33)23-9-6-19(7-10-23)20-4-3-5-22(14-20)29-27(32)28(12-13-28)21-8-11-25-26(15-21)35-17-34-25/h3-11,14-15,18,24,30-31H,12-13,16-17H2,1-2H3,(H,29,32)/t24-,36?/m0/s1. The van der Waals surface area contributed by atoms with Crippen LogP contribution in [0.4, 0.5) is 5.69 Å². The summed E-state index contributed by atoms with van der Waals surface area (Å²) in [4.78, 5) is 13.9. The van der Waals surface area contributed by atoms with Crippen molar-refractivity contribution in [3.8, 4) is 22.6 Å². The second-order valence-corrected chi connectivity index (χ2v) is 10.9. The maximum absolute atomic E-state index is 13.3. The van der Waals surface area contributed by atoms with E-state index in [0.717, 1.165) is 35.2 Å². The van der Waals surface area contributed by atoms with Crippen LogP contribution in [0.15, 0.2) is 71.6 Å². The average Bonchev–Trinajstić information content (AvgIpc) is 3.58. The highest BCUT2D eigenvalue weighted by molar-refractivity contribution is 7.89. The van der Waals surface area contributed by atoms with Crippen molar-refractivity contribution in [1.82, 2.24) is 4.72 Å². The van der Waals surface area contributed by atoms with Gasteiger partial charge in [-0.05, 0) is 84.0 Å². The highest BCUT2D eigenvalue weighted by Crippen LogP contribution is 2.51. The number of aliphatic hydroxyl groups excluding tert-OH is 1. The van der Waals surface area contributed by atoms with Gasteiger partial charge in [-0.2, -0.15) is 0 Å². The minimum Gasteiger partial charge on any atom is -0.593 e. The van der Waals surface area contributed by atoms with E-state index in [4.69, 9.17) is 9.47 Å². The lowest BCUT2D eigenvalue weighted by molar-refractivity contribution is -0.118. The summed E-state index contributed by atoms with van der Waals surface area (Å²) in [6, 6.07) is 20.7. The van der Waals surface area contributed by atoms with Crippen LogP contribution in [-0.4, -0.2) is 35.0 Å². The quantitative estimate of drug-likeness (QED) is 0.372. The van der Waals surface area contributed by atoms with Crippen molar-refractivity contribution in [2.75, 3.05) is 18.7 Å². The number of amides is 1. The maximum Gasteiger partial charge on any atom is 0.235 e. The number of fused-ring (bicyclic) bond motifs is 1. The Labute approximate surface area is 214 Å². The number of carbonyl (C=O) groups is 1. The van der Waals surface area contributed by atoms with Gasteiger partial charge in [-0.3, -0.25) is 4.79 Å². The fourth-order valence-electron chi connectivity index (χ4n) is 4.35. The number of benzene rings is 3. The number of nitrogens with one attached hydrogen (secondary N) is 2. The highest BCUT2D eigenvalue weighted by atomic mass is 32.2. The van der Waals surface area contributed by atoms with Crippen molar-refractivity contribution in [3.05, 3.63) is 72.3 Å². The van der Waals surface area contributed by atoms with Crippen LogP contribution in [0.1, 0.15) is 32.3 Å². The van der Waals surface area contributed by atoms with Crippen LogP contribution in [0.25, 0.3) is 11.1 Å². The lowest BCUT2D eigenvalue weighted by Gasteiger charge is -2.21. The Morgan fingerprint density at radius 2 is 1.78 bits per heavy atom. The molecule has 1 saturated carbocycles. The van der Waals surface area contributed by atoms with Gasteiger partial charge in [0.25, 0.3) is 0 Å². The predicted octanol–water partition coefficient (Wildman–Crippen LogP) is 4.38. The lowest BCUT2D eigenvalue weighted by atomic mass is 9.94. The van der Waals surface area contributed by atoms with E-state index in [9.17, 15) is 14.5 Å². The van der Waals surface area contributed by atoms with E-state index in [2.05, 4.69) is 10.0 Å². The number of hydrogen-bond donors (Lipinski definition) is 3. The maximum atomic E-state index is 13.3. The molecule has 188 valence electrons. The third-order valence-electron chi connectivity index (χ3n) is 6.89. The predicted molar refractivity (Wildman–Crippen MR) is 139 cm³/mol. The highest BCUT2D eigenvalue weighted by Gasteiger charge is 2.51. The van der Waals surface area contributed by atoms with E-state index in [1.807, 2.05) is 80.6 Å². The smallest absolute Gasteiger partial charge is 0.235 e. The zero-order valence-corrected chi connectivity index (χ0v) is 21.1. The number of hydrogen-bond acceptors (Lipinski definition) is 6. The molecule has 8 heteroatoms. The minimum absolute atomic E-state index is 0.0288. The first kappa shape index (κ1) is 24.6. The number of rotatable bonds is 9. The van der Waals surface area contributed by atoms with E-state index < -0.39 is 16.8 Å². The van der Waals surface area contributed by atoms with Crippen molar-refractivity contribution >= 4 is 23.0 Å². The van der Waals surface area contributed by atoms with E-state index >= 15 is 0 Å².